The second kappa shape index (κ2) is 7.73. The van der Waals surface area contributed by atoms with Gasteiger partial charge in [-0.1, -0.05) is 13.8 Å². The van der Waals surface area contributed by atoms with Gasteiger partial charge >= 0.3 is 6.09 Å². The summed E-state index contributed by atoms with van der Waals surface area (Å²) in [7, 11) is 0. The van der Waals surface area contributed by atoms with E-state index >= 15 is 0 Å². The first-order valence-corrected chi connectivity index (χ1v) is 6.00. The summed E-state index contributed by atoms with van der Waals surface area (Å²) in [5, 5.41) is 2.78. The maximum atomic E-state index is 11.7. The van der Waals surface area contributed by atoms with Gasteiger partial charge in [0.05, 0.1) is 6.04 Å². The van der Waals surface area contributed by atoms with E-state index in [2.05, 4.69) is 15.8 Å². The third kappa shape index (κ3) is 6.76. The van der Waals surface area contributed by atoms with Crippen molar-refractivity contribution in [2.24, 2.45) is 10.9 Å². The molecule has 1 rings (SSSR count). The van der Waals surface area contributed by atoms with E-state index < -0.39 is 11.7 Å². The summed E-state index contributed by atoms with van der Waals surface area (Å²) in [4.78, 5) is 28.7. The second-order valence-electron chi connectivity index (χ2n) is 5.29. The van der Waals surface area contributed by atoms with Crippen LogP contribution >= 0.6 is 0 Å². The molecule has 1 amide bonds. The lowest BCUT2D eigenvalue weighted by Gasteiger charge is -2.25. The molecule has 1 aliphatic rings. The summed E-state index contributed by atoms with van der Waals surface area (Å²) >= 11 is 0. The molecule has 0 aromatic rings. The van der Waals surface area contributed by atoms with Crippen molar-refractivity contribution in [3.63, 3.8) is 0 Å². The van der Waals surface area contributed by atoms with Gasteiger partial charge in [-0.15, -0.1) is 0 Å². The average Bonchev–Trinajstić information content (AvgIpc) is 2.79. The highest BCUT2D eigenvalue weighted by Gasteiger charge is 2.26. The van der Waals surface area contributed by atoms with Crippen molar-refractivity contribution in [2.45, 2.75) is 46.3 Å². The van der Waals surface area contributed by atoms with Crippen LogP contribution in [0, 0.1) is 5.92 Å². The monoisotopic (exact) mass is 273 g/mol. The molecule has 0 saturated heterocycles. The molecule has 0 saturated carbocycles. The molecule has 1 heterocycles. The number of ether oxygens (including phenoxy) is 1. The second-order valence-corrected chi connectivity index (χ2v) is 5.29. The van der Waals surface area contributed by atoms with Crippen LogP contribution in [0.3, 0.4) is 0 Å². The van der Waals surface area contributed by atoms with Crippen LogP contribution < -0.4 is 10.8 Å². The third-order valence-corrected chi connectivity index (χ3v) is 2.11. The lowest BCUT2D eigenvalue weighted by molar-refractivity contribution is -0.0980. The summed E-state index contributed by atoms with van der Waals surface area (Å²) in [6.45, 7) is 11.7. The zero-order valence-corrected chi connectivity index (χ0v) is 12.1. The molecule has 0 spiro atoms. The number of rotatable bonds is 3. The highest BCUT2D eigenvalue weighted by molar-refractivity contribution is 5.90. The van der Waals surface area contributed by atoms with Crippen LogP contribution in [0.25, 0.3) is 0 Å². The minimum Gasteiger partial charge on any atom is -0.444 e. The molecule has 0 radical (unpaired) electrons. The molecule has 0 aromatic heterocycles. The summed E-state index contributed by atoms with van der Waals surface area (Å²) in [5.74, 6) is 0.821. The van der Waals surface area contributed by atoms with Gasteiger partial charge in [-0.3, -0.25) is 4.84 Å². The van der Waals surface area contributed by atoms with Crippen molar-refractivity contribution in [2.75, 3.05) is 6.73 Å². The minimum atomic E-state index is -0.507. The molecular formula is C12H23N3O4. The molecule has 0 bridgehead atoms. The highest BCUT2D eigenvalue weighted by Crippen LogP contribution is 2.10. The summed E-state index contributed by atoms with van der Waals surface area (Å²) in [5.41, 5.74) is 2.18. The van der Waals surface area contributed by atoms with Crippen LogP contribution in [0.2, 0.25) is 0 Å². The molecule has 2 N–H and O–H groups in total. The predicted octanol–water partition coefficient (Wildman–Crippen LogP) is 1.24. The fraction of sp³-hybridized carbons (Fsp3) is 0.750. The van der Waals surface area contributed by atoms with Crippen LogP contribution in [-0.2, 0) is 14.4 Å². The van der Waals surface area contributed by atoms with E-state index in [4.69, 9.17) is 14.4 Å². The first kappa shape index (κ1) is 17.4. The zero-order valence-electron chi connectivity index (χ0n) is 12.1. The third-order valence-electron chi connectivity index (χ3n) is 2.11. The first-order valence-electron chi connectivity index (χ1n) is 6.00. The van der Waals surface area contributed by atoms with Gasteiger partial charge in [-0.2, -0.15) is 0 Å². The van der Waals surface area contributed by atoms with E-state index in [1.807, 2.05) is 41.4 Å². The van der Waals surface area contributed by atoms with E-state index in [0.29, 0.717) is 5.84 Å². The number of nitrogens with one attached hydrogen (secondary N) is 2. The van der Waals surface area contributed by atoms with Gasteiger partial charge in [-0.25, -0.2) is 15.3 Å². The van der Waals surface area contributed by atoms with E-state index in [1.165, 1.54) is 0 Å². The van der Waals surface area contributed by atoms with Crippen LogP contribution in [0.5, 0.6) is 0 Å². The van der Waals surface area contributed by atoms with Crippen molar-refractivity contribution >= 4 is 18.7 Å². The van der Waals surface area contributed by atoms with Crippen LogP contribution in [-0.4, -0.2) is 37.1 Å². The molecule has 1 aliphatic heterocycles. The predicted molar refractivity (Wildman–Crippen MR) is 71.6 cm³/mol. The van der Waals surface area contributed by atoms with Gasteiger partial charge < -0.3 is 14.8 Å². The number of amidine groups is 1. The van der Waals surface area contributed by atoms with Crippen molar-refractivity contribution in [1.29, 1.82) is 0 Å². The number of hydroxylamine groups is 1. The number of carbonyl (C=O) groups excluding carboxylic acids is 2. The van der Waals surface area contributed by atoms with Gasteiger partial charge in [0.15, 0.2) is 6.73 Å². The van der Waals surface area contributed by atoms with Gasteiger partial charge in [-0.05, 0) is 26.7 Å². The van der Waals surface area contributed by atoms with Crippen LogP contribution in [0.1, 0.15) is 34.6 Å². The number of aliphatic imine (C=N–C) groups is 1. The standard InChI is InChI=1S/C11H21N3O3.CH2O/c1-7(2)8(9-12-6-16-14-9)13-10(15)17-11(3,4)5;1-2/h7-8H,6H2,1-5H3,(H,12,14)(H,13,15);1H2. The normalized spacial score (nSPS) is 15.8. The topological polar surface area (TPSA) is 89.0 Å². The Kier molecular flexibility index (Phi) is 7.06. The highest BCUT2D eigenvalue weighted by atomic mass is 16.7. The number of alkyl carbamates (subject to hydrolysis) is 1. The molecule has 7 nitrogen and oxygen atoms in total. The molecule has 7 heteroatoms. The van der Waals surface area contributed by atoms with E-state index in [0.717, 1.165) is 0 Å². The number of amides is 1. The first-order chi connectivity index (χ1) is 8.79. The summed E-state index contributed by atoms with van der Waals surface area (Å²) in [6.07, 6.45) is -0.451. The molecule has 1 unspecified atom stereocenters. The molecule has 0 aromatic carbocycles. The van der Waals surface area contributed by atoms with Crippen LogP contribution in [0.4, 0.5) is 4.79 Å². The van der Waals surface area contributed by atoms with Crippen LogP contribution in [0.15, 0.2) is 4.99 Å². The van der Waals surface area contributed by atoms with Crippen molar-refractivity contribution in [1.82, 2.24) is 10.8 Å². The molecular weight excluding hydrogens is 250 g/mol. The number of hydrogen-bond acceptors (Lipinski definition) is 6. The van der Waals surface area contributed by atoms with Crippen molar-refractivity contribution < 1.29 is 19.2 Å². The summed E-state index contributed by atoms with van der Waals surface area (Å²) < 4.78 is 5.20. The van der Waals surface area contributed by atoms with E-state index in [1.54, 1.807) is 0 Å². The number of hydrogen-bond donors (Lipinski definition) is 2. The van der Waals surface area contributed by atoms with Gasteiger partial charge in [0, 0.05) is 0 Å². The maximum absolute atomic E-state index is 11.7. The van der Waals surface area contributed by atoms with Gasteiger partial charge in [0.25, 0.3) is 0 Å². The largest absolute Gasteiger partial charge is 0.444 e. The maximum Gasteiger partial charge on any atom is 0.408 e. The Morgan fingerprint density at radius 3 is 2.42 bits per heavy atom. The lowest BCUT2D eigenvalue weighted by Crippen LogP contribution is -2.49. The van der Waals surface area contributed by atoms with Crippen molar-refractivity contribution in [3.05, 3.63) is 0 Å². The van der Waals surface area contributed by atoms with E-state index in [-0.39, 0.29) is 18.7 Å². The summed E-state index contributed by atoms with van der Waals surface area (Å²) in [6, 6.07) is -0.229. The smallest absolute Gasteiger partial charge is 0.408 e. The Labute approximate surface area is 113 Å². The average molecular weight is 273 g/mol. The quantitative estimate of drug-likeness (QED) is 0.807. The number of nitrogens with zero attached hydrogens (tertiary/aromatic N) is 1. The Morgan fingerprint density at radius 2 is 2.05 bits per heavy atom. The molecule has 0 aliphatic carbocycles. The van der Waals surface area contributed by atoms with Gasteiger partial charge in [0.2, 0.25) is 0 Å². The Morgan fingerprint density at radius 1 is 1.47 bits per heavy atom. The fourth-order valence-corrected chi connectivity index (χ4v) is 1.39. The Hall–Kier alpha value is -1.63. The fourth-order valence-electron chi connectivity index (χ4n) is 1.39. The van der Waals surface area contributed by atoms with Gasteiger partial charge in [0.1, 0.15) is 18.2 Å². The molecule has 19 heavy (non-hydrogen) atoms. The van der Waals surface area contributed by atoms with E-state index in [9.17, 15) is 4.79 Å². The SMILES string of the molecule is C=O.CC(C)C(NC(=O)OC(C)(C)C)C1=NCON1. The minimum absolute atomic E-state index is 0.190. The molecule has 1 atom stereocenters. The molecule has 0 fully saturated rings. The zero-order chi connectivity index (χ0) is 15.1. The lowest BCUT2D eigenvalue weighted by atomic mass is 10.0. The number of carbonyl (C=O) groups is 2. The Balaban J connectivity index is 0.00000154. The van der Waals surface area contributed by atoms with Crippen molar-refractivity contribution in [3.8, 4) is 0 Å². The molecule has 110 valence electrons. The Bertz CT molecular complexity index is 323.